The molecule has 0 spiro atoms. The Balaban J connectivity index is 1.55. The van der Waals surface area contributed by atoms with Gasteiger partial charge in [-0.1, -0.05) is 12.1 Å². The van der Waals surface area contributed by atoms with Gasteiger partial charge in [0.05, 0.1) is 14.2 Å². The Hall–Kier alpha value is -2.20. The van der Waals surface area contributed by atoms with Gasteiger partial charge in [0.2, 0.25) is 10.0 Å². The lowest BCUT2D eigenvalue weighted by Crippen LogP contribution is -2.32. The van der Waals surface area contributed by atoms with Crippen LogP contribution in [0.15, 0.2) is 47.4 Å². The van der Waals surface area contributed by atoms with Crippen molar-refractivity contribution < 1.29 is 22.3 Å². The van der Waals surface area contributed by atoms with E-state index in [1.165, 1.54) is 36.7 Å². The molecule has 164 valence electrons. The topological polar surface area (TPSA) is 79.9 Å². The first-order valence-corrected chi connectivity index (χ1v) is 11.2. The number of nitrogens with one attached hydrogen (secondary N) is 2. The van der Waals surface area contributed by atoms with Crippen molar-refractivity contribution in [3.05, 3.63) is 53.8 Å². The lowest BCUT2D eigenvalue weighted by atomic mass is 10.00. The van der Waals surface area contributed by atoms with E-state index in [0.29, 0.717) is 18.7 Å². The highest BCUT2D eigenvalue weighted by atomic mass is 32.2. The van der Waals surface area contributed by atoms with Gasteiger partial charge in [0.1, 0.15) is 22.2 Å². The van der Waals surface area contributed by atoms with Crippen LogP contribution in [0.4, 0.5) is 4.39 Å². The van der Waals surface area contributed by atoms with Crippen LogP contribution in [0.3, 0.4) is 0 Å². The Kier molecular flexibility index (Phi) is 7.30. The highest BCUT2D eigenvalue weighted by Gasteiger charge is 2.27. The van der Waals surface area contributed by atoms with E-state index in [9.17, 15) is 12.8 Å². The van der Waals surface area contributed by atoms with Gasteiger partial charge in [-0.2, -0.15) is 0 Å². The van der Waals surface area contributed by atoms with E-state index in [1.807, 2.05) is 0 Å². The zero-order chi connectivity index (χ0) is 21.7. The molecular weight excluding hydrogens is 409 g/mol. The van der Waals surface area contributed by atoms with E-state index in [0.717, 1.165) is 18.4 Å². The maximum Gasteiger partial charge on any atom is 0.246 e. The molecule has 9 heteroatoms. The fraction of sp³-hybridized carbons (Fsp3) is 0.429. The first kappa shape index (κ1) is 22.5. The van der Waals surface area contributed by atoms with E-state index >= 15 is 0 Å². The molecule has 1 fully saturated rings. The van der Waals surface area contributed by atoms with Crippen molar-refractivity contribution in [3.63, 3.8) is 0 Å². The standard InChI is InChI=1S/C21H28FN3O4S/c1-25(30(26,27)21-14-18(28-2)10-11-20(21)29-3)12-4-5-17-13-19(24-23-17)15-6-8-16(22)9-7-15/h6-11,14,17,19,23-24H,4-5,12-13H2,1-3H3. The first-order chi connectivity index (χ1) is 14.3. The number of nitrogens with zero attached hydrogens (tertiary/aromatic N) is 1. The van der Waals surface area contributed by atoms with Crippen molar-refractivity contribution in [2.24, 2.45) is 0 Å². The predicted molar refractivity (Wildman–Crippen MR) is 112 cm³/mol. The molecular formula is C21H28FN3O4S. The molecule has 0 saturated carbocycles. The quantitative estimate of drug-likeness (QED) is 0.628. The van der Waals surface area contributed by atoms with Crippen molar-refractivity contribution in [2.75, 3.05) is 27.8 Å². The summed E-state index contributed by atoms with van der Waals surface area (Å²) < 4.78 is 50.8. The average molecular weight is 438 g/mol. The van der Waals surface area contributed by atoms with E-state index in [-0.39, 0.29) is 28.5 Å². The number of methoxy groups -OCH3 is 2. The summed E-state index contributed by atoms with van der Waals surface area (Å²) >= 11 is 0. The van der Waals surface area contributed by atoms with Gasteiger partial charge in [0, 0.05) is 31.7 Å². The van der Waals surface area contributed by atoms with Crippen molar-refractivity contribution in [2.45, 2.75) is 36.2 Å². The summed E-state index contributed by atoms with van der Waals surface area (Å²) in [6, 6.07) is 11.5. The Morgan fingerprint density at radius 1 is 1.10 bits per heavy atom. The van der Waals surface area contributed by atoms with E-state index < -0.39 is 10.0 Å². The Labute approximate surface area is 177 Å². The highest BCUT2D eigenvalue weighted by molar-refractivity contribution is 7.89. The van der Waals surface area contributed by atoms with E-state index in [2.05, 4.69) is 10.9 Å². The predicted octanol–water partition coefficient (Wildman–Crippen LogP) is 2.85. The van der Waals surface area contributed by atoms with Crippen LogP contribution < -0.4 is 20.3 Å². The van der Waals surface area contributed by atoms with Crippen molar-refractivity contribution in [3.8, 4) is 11.5 Å². The molecule has 2 N–H and O–H groups in total. The third kappa shape index (κ3) is 5.10. The summed E-state index contributed by atoms with van der Waals surface area (Å²) in [4.78, 5) is 0.0869. The molecule has 1 aliphatic heterocycles. The molecule has 30 heavy (non-hydrogen) atoms. The molecule has 2 atom stereocenters. The molecule has 0 aromatic heterocycles. The molecule has 7 nitrogen and oxygen atoms in total. The molecule has 1 aliphatic rings. The highest BCUT2D eigenvalue weighted by Crippen LogP contribution is 2.30. The van der Waals surface area contributed by atoms with Crippen LogP contribution in [0.25, 0.3) is 0 Å². The molecule has 0 aliphatic carbocycles. The molecule has 0 bridgehead atoms. The number of ether oxygens (including phenoxy) is 2. The zero-order valence-corrected chi connectivity index (χ0v) is 18.2. The second-order valence-electron chi connectivity index (χ2n) is 7.31. The second-order valence-corrected chi connectivity index (χ2v) is 9.32. The van der Waals surface area contributed by atoms with Crippen LogP contribution in [-0.4, -0.2) is 46.6 Å². The molecule has 2 aromatic carbocycles. The number of halogens is 1. The summed E-state index contributed by atoms with van der Waals surface area (Å²) in [5.74, 6) is 0.487. The number of hydrogen-bond acceptors (Lipinski definition) is 6. The summed E-state index contributed by atoms with van der Waals surface area (Å²) in [6.07, 6.45) is 2.35. The third-order valence-electron chi connectivity index (χ3n) is 5.34. The van der Waals surface area contributed by atoms with Gasteiger partial charge in [-0.3, -0.25) is 10.9 Å². The van der Waals surface area contributed by atoms with Crippen molar-refractivity contribution >= 4 is 10.0 Å². The van der Waals surface area contributed by atoms with Crippen LogP contribution >= 0.6 is 0 Å². The van der Waals surface area contributed by atoms with E-state index in [1.54, 1.807) is 31.3 Å². The monoisotopic (exact) mass is 437 g/mol. The normalized spacial score (nSPS) is 19.2. The maximum atomic E-state index is 13.1. The van der Waals surface area contributed by atoms with Gasteiger partial charge in [0.15, 0.2) is 0 Å². The van der Waals surface area contributed by atoms with Crippen LogP contribution in [0.5, 0.6) is 11.5 Å². The van der Waals surface area contributed by atoms with Crippen LogP contribution in [0, 0.1) is 5.82 Å². The smallest absolute Gasteiger partial charge is 0.246 e. The van der Waals surface area contributed by atoms with Crippen molar-refractivity contribution in [1.29, 1.82) is 0 Å². The minimum Gasteiger partial charge on any atom is -0.497 e. The van der Waals surface area contributed by atoms with Gasteiger partial charge in [-0.15, -0.1) is 0 Å². The summed E-state index contributed by atoms with van der Waals surface area (Å²) in [6.45, 7) is 0.377. The molecule has 0 amide bonds. The molecule has 3 rings (SSSR count). The zero-order valence-electron chi connectivity index (χ0n) is 17.4. The molecule has 1 saturated heterocycles. The fourth-order valence-electron chi connectivity index (χ4n) is 3.56. The third-order valence-corrected chi connectivity index (χ3v) is 7.22. The van der Waals surface area contributed by atoms with Crippen molar-refractivity contribution in [1.82, 2.24) is 15.2 Å². The Morgan fingerprint density at radius 3 is 2.50 bits per heavy atom. The Morgan fingerprint density at radius 2 is 1.83 bits per heavy atom. The van der Waals surface area contributed by atoms with Gasteiger partial charge in [-0.25, -0.2) is 17.1 Å². The van der Waals surface area contributed by atoms with Gasteiger partial charge in [-0.05, 0) is 49.1 Å². The number of hydrazine groups is 1. The van der Waals surface area contributed by atoms with E-state index in [4.69, 9.17) is 9.47 Å². The minimum atomic E-state index is -3.71. The molecule has 2 aromatic rings. The second kappa shape index (κ2) is 9.74. The molecule has 1 heterocycles. The summed E-state index contributed by atoms with van der Waals surface area (Å²) in [5.41, 5.74) is 7.50. The Bertz CT molecular complexity index is 953. The van der Waals surface area contributed by atoms with Crippen LogP contribution in [-0.2, 0) is 10.0 Å². The first-order valence-electron chi connectivity index (χ1n) is 9.80. The number of sulfonamides is 1. The molecule has 2 unspecified atom stereocenters. The summed E-state index contributed by atoms with van der Waals surface area (Å²) in [5, 5.41) is 0. The number of hydrogen-bond donors (Lipinski definition) is 2. The number of rotatable bonds is 9. The fourth-order valence-corrected chi connectivity index (χ4v) is 4.94. The number of benzene rings is 2. The average Bonchev–Trinajstić information content (AvgIpc) is 3.22. The van der Waals surface area contributed by atoms with Crippen LogP contribution in [0.2, 0.25) is 0 Å². The minimum absolute atomic E-state index is 0.0869. The lowest BCUT2D eigenvalue weighted by Gasteiger charge is -2.20. The van der Waals surface area contributed by atoms with Crippen LogP contribution in [0.1, 0.15) is 30.9 Å². The SMILES string of the molecule is COc1ccc(OC)c(S(=O)(=O)N(C)CCCC2CC(c3ccc(F)cc3)NN2)c1. The van der Waals surface area contributed by atoms with Gasteiger partial charge < -0.3 is 9.47 Å². The molecule has 0 radical (unpaired) electrons. The maximum absolute atomic E-state index is 13.1. The van der Waals surface area contributed by atoms with Gasteiger partial charge in [0.25, 0.3) is 0 Å². The van der Waals surface area contributed by atoms with Gasteiger partial charge >= 0.3 is 0 Å². The lowest BCUT2D eigenvalue weighted by molar-refractivity contribution is 0.386. The summed E-state index contributed by atoms with van der Waals surface area (Å²) in [7, 11) is 0.786. The largest absolute Gasteiger partial charge is 0.497 e.